The van der Waals surface area contributed by atoms with Crippen LogP contribution in [0.2, 0.25) is 0 Å². The van der Waals surface area contributed by atoms with Gasteiger partial charge in [0.15, 0.2) is 0 Å². The largest absolute Gasteiger partial charge is 0.389 e. The molecule has 80 valence electrons. The minimum Gasteiger partial charge on any atom is -0.389 e. The van der Waals surface area contributed by atoms with E-state index >= 15 is 0 Å². The predicted octanol–water partition coefficient (Wildman–Crippen LogP) is 1.60. The van der Waals surface area contributed by atoms with E-state index in [1.807, 2.05) is 13.8 Å². The van der Waals surface area contributed by atoms with Crippen LogP contribution in [0.3, 0.4) is 0 Å². The molecular formula is C9H17N3O2. The summed E-state index contributed by atoms with van der Waals surface area (Å²) >= 11 is 0. The van der Waals surface area contributed by atoms with Gasteiger partial charge in [0.2, 0.25) is 0 Å². The zero-order valence-corrected chi connectivity index (χ0v) is 8.64. The molecule has 1 saturated carbocycles. The van der Waals surface area contributed by atoms with Crippen molar-refractivity contribution in [1.29, 1.82) is 0 Å². The van der Waals surface area contributed by atoms with Gasteiger partial charge >= 0.3 is 0 Å². The van der Waals surface area contributed by atoms with Crippen LogP contribution >= 0.6 is 0 Å². The van der Waals surface area contributed by atoms with Gasteiger partial charge in [-0.3, -0.25) is 0 Å². The van der Waals surface area contributed by atoms with Crippen molar-refractivity contribution in [2.75, 3.05) is 6.54 Å². The molecule has 1 rings (SSSR count). The third-order valence-electron chi connectivity index (χ3n) is 3.30. The third-order valence-corrected chi connectivity index (χ3v) is 3.30. The van der Waals surface area contributed by atoms with Crippen LogP contribution in [0.15, 0.2) is 5.11 Å². The smallest absolute Gasteiger partial charge is 0.0988 e. The van der Waals surface area contributed by atoms with E-state index in [1.54, 1.807) is 0 Å². The normalized spacial score (nSPS) is 33.6. The Kier molecular flexibility index (Phi) is 3.04. The van der Waals surface area contributed by atoms with Crippen molar-refractivity contribution >= 4 is 0 Å². The van der Waals surface area contributed by atoms with Gasteiger partial charge < -0.3 is 10.2 Å². The fraction of sp³-hybridized carbons (Fsp3) is 1.00. The first-order valence-electron chi connectivity index (χ1n) is 4.88. The lowest BCUT2D eigenvalue weighted by Gasteiger charge is -2.11. The molecule has 0 bridgehead atoms. The number of rotatable bonds is 5. The van der Waals surface area contributed by atoms with E-state index in [1.165, 1.54) is 0 Å². The van der Waals surface area contributed by atoms with Crippen LogP contribution in [0.1, 0.15) is 33.1 Å². The molecule has 5 heteroatoms. The van der Waals surface area contributed by atoms with E-state index in [2.05, 4.69) is 10.0 Å². The van der Waals surface area contributed by atoms with E-state index < -0.39 is 11.7 Å². The second-order valence-electron chi connectivity index (χ2n) is 4.46. The Morgan fingerprint density at radius 1 is 1.43 bits per heavy atom. The average molecular weight is 199 g/mol. The number of unbranched alkanes of at least 4 members (excludes halogenated alkanes) is 1. The van der Waals surface area contributed by atoms with Crippen molar-refractivity contribution in [3.05, 3.63) is 10.4 Å². The van der Waals surface area contributed by atoms with Gasteiger partial charge in [-0.2, -0.15) is 0 Å². The summed E-state index contributed by atoms with van der Waals surface area (Å²) in [4.78, 5) is 2.64. The first kappa shape index (κ1) is 11.3. The lowest BCUT2D eigenvalue weighted by atomic mass is 10.0. The summed E-state index contributed by atoms with van der Waals surface area (Å²) < 4.78 is 0. The maximum Gasteiger partial charge on any atom is 0.0988 e. The molecule has 1 aliphatic rings. The molecule has 5 nitrogen and oxygen atoms in total. The first-order chi connectivity index (χ1) is 6.47. The zero-order chi connectivity index (χ0) is 10.8. The van der Waals surface area contributed by atoms with E-state index in [9.17, 15) is 10.2 Å². The lowest BCUT2D eigenvalue weighted by Crippen LogP contribution is -2.17. The Morgan fingerprint density at radius 2 is 2.00 bits per heavy atom. The lowest BCUT2D eigenvalue weighted by molar-refractivity contribution is 0.0665. The molecule has 2 N–H and O–H groups in total. The quantitative estimate of drug-likeness (QED) is 0.305. The number of aliphatic hydroxyl groups is 2. The maximum absolute atomic E-state index is 9.93. The number of aliphatic hydroxyl groups excluding tert-OH is 1. The minimum atomic E-state index is -0.927. The fourth-order valence-electron chi connectivity index (χ4n) is 1.88. The topological polar surface area (TPSA) is 89.2 Å². The summed E-state index contributed by atoms with van der Waals surface area (Å²) in [6, 6.07) is 0. The maximum atomic E-state index is 9.93. The highest BCUT2D eigenvalue weighted by Gasteiger charge is 2.69. The molecule has 0 aromatic rings. The molecule has 2 unspecified atom stereocenters. The van der Waals surface area contributed by atoms with E-state index in [0.717, 1.165) is 12.8 Å². The molecule has 1 aliphatic carbocycles. The summed E-state index contributed by atoms with van der Waals surface area (Å²) in [5.41, 5.74) is 6.72. The number of nitrogens with zero attached hydrogens (tertiary/aromatic N) is 3. The molecular weight excluding hydrogens is 182 g/mol. The molecule has 0 saturated heterocycles. The molecule has 0 aliphatic heterocycles. The highest BCUT2D eigenvalue weighted by molar-refractivity contribution is 5.20. The average Bonchev–Trinajstić information content (AvgIpc) is 2.51. The Balaban J connectivity index is 2.23. The van der Waals surface area contributed by atoms with E-state index in [4.69, 9.17) is 5.53 Å². The summed E-state index contributed by atoms with van der Waals surface area (Å²) in [6.07, 6.45) is 1.49. The molecule has 0 spiro atoms. The Bertz CT molecular complexity index is 261. The van der Waals surface area contributed by atoms with Crippen molar-refractivity contribution in [1.82, 2.24) is 0 Å². The van der Waals surface area contributed by atoms with Crippen LogP contribution in [-0.4, -0.2) is 28.5 Å². The predicted molar refractivity (Wildman–Crippen MR) is 52.6 cm³/mol. The van der Waals surface area contributed by atoms with Gasteiger partial charge in [-0.15, -0.1) is 0 Å². The zero-order valence-electron chi connectivity index (χ0n) is 8.64. The van der Waals surface area contributed by atoms with Crippen LogP contribution in [0.4, 0.5) is 0 Å². The SMILES string of the molecule is CC1(C)C(O)C1(O)CCCCN=[N+]=[N-]. The van der Waals surface area contributed by atoms with Crippen LogP contribution in [0.5, 0.6) is 0 Å². The highest BCUT2D eigenvalue weighted by atomic mass is 16.4. The molecule has 0 aromatic carbocycles. The first-order valence-corrected chi connectivity index (χ1v) is 4.88. The number of hydrogen-bond acceptors (Lipinski definition) is 3. The van der Waals surface area contributed by atoms with Crippen LogP contribution in [-0.2, 0) is 0 Å². The van der Waals surface area contributed by atoms with Gasteiger partial charge in [0.05, 0.1) is 11.7 Å². The van der Waals surface area contributed by atoms with Crippen LogP contribution in [0, 0.1) is 5.41 Å². The van der Waals surface area contributed by atoms with E-state index in [-0.39, 0.29) is 5.41 Å². The minimum absolute atomic E-state index is 0.383. The van der Waals surface area contributed by atoms with Gasteiger partial charge in [-0.1, -0.05) is 25.4 Å². The number of hydrogen-bond donors (Lipinski definition) is 2. The van der Waals surface area contributed by atoms with Crippen molar-refractivity contribution in [3.63, 3.8) is 0 Å². The van der Waals surface area contributed by atoms with Crippen LogP contribution < -0.4 is 0 Å². The molecule has 1 fully saturated rings. The second kappa shape index (κ2) is 3.77. The Morgan fingerprint density at radius 3 is 2.43 bits per heavy atom. The summed E-state index contributed by atoms with van der Waals surface area (Å²) in [5.74, 6) is 0. The molecule has 0 amide bonds. The number of azide groups is 1. The molecule has 2 atom stereocenters. The standard InChI is InChI=1S/C9H17N3O2/c1-8(2)7(13)9(8,14)5-3-4-6-11-12-10/h7,13-14H,3-6H2,1-2H3. The summed E-state index contributed by atoms with van der Waals surface area (Å²) in [7, 11) is 0. The third kappa shape index (κ3) is 1.71. The molecule has 0 heterocycles. The van der Waals surface area contributed by atoms with Gasteiger partial charge in [0.25, 0.3) is 0 Å². The van der Waals surface area contributed by atoms with Gasteiger partial charge in [-0.25, -0.2) is 0 Å². The van der Waals surface area contributed by atoms with E-state index in [0.29, 0.717) is 13.0 Å². The summed E-state index contributed by atoms with van der Waals surface area (Å²) in [6.45, 7) is 4.17. The van der Waals surface area contributed by atoms with Crippen molar-refractivity contribution < 1.29 is 10.2 Å². The molecule has 0 aromatic heterocycles. The van der Waals surface area contributed by atoms with Crippen molar-refractivity contribution in [2.45, 2.75) is 44.8 Å². The van der Waals surface area contributed by atoms with Crippen LogP contribution in [0.25, 0.3) is 10.4 Å². The highest BCUT2D eigenvalue weighted by Crippen LogP contribution is 2.58. The second-order valence-corrected chi connectivity index (χ2v) is 4.46. The van der Waals surface area contributed by atoms with Gasteiger partial charge in [-0.05, 0) is 18.4 Å². The Labute approximate surface area is 83.4 Å². The molecule has 0 radical (unpaired) electrons. The monoisotopic (exact) mass is 199 g/mol. The fourth-order valence-corrected chi connectivity index (χ4v) is 1.88. The van der Waals surface area contributed by atoms with Crippen molar-refractivity contribution in [3.8, 4) is 0 Å². The van der Waals surface area contributed by atoms with Gasteiger partial charge in [0.1, 0.15) is 0 Å². The summed E-state index contributed by atoms with van der Waals surface area (Å²) in [5, 5.41) is 22.8. The molecule has 14 heavy (non-hydrogen) atoms. The van der Waals surface area contributed by atoms with Crippen molar-refractivity contribution in [2.24, 2.45) is 10.5 Å². The Hall–Kier alpha value is -0.770. The van der Waals surface area contributed by atoms with Gasteiger partial charge in [0, 0.05) is 16.9 Å².